The summed E-state index contributed by atoms with van der Waals surface area (Å²) in [7, 11) is 0. The molecule has 3 aliphatic heterocycles. The SMILES string of the molecule is C=CCO[C@@H]1O[C@H](COC(=O)C(C)(C)C)[C@@H](O[C@@H]2O[C@H](COC(=O)C(C)(C)C)[C@@H]3OC(C)(C)O[C@@H]3[C@H]2O)[C@H](O)[C@H]1O. The van der Waals surface area contributed by atoms with Gasteiger partial charge in [0.05, 0.1) is 17.4 Å². The van der Waals surface area contributed by atoms with Crippen LogP contribution in [0.2, 0.25) is 0 Å². The van der Waals surface area contributed by atoms with E-state index in [1.54, 1.807) is 55.4 Å². The summed E-state index contributed by atoms with van der Waals surface area (Å²) in [5, 5.41) is 33.0. The molecule has 41 heavy (non-hydrogen) atoms. The van der Waals surface area contributed by atoms with Gasteiger partial charge in [-0.15, -0.1) is 6.58 Å². The number of hydrogen-bond donors (Lipinski definition) is 3. The van der Waals surface area contributed by atoms with Crippen LogP contribution < -0.4 is 0 Å². The molecule has 3 rings (SSSR count). The first kappa shape index (κ1) is 33.8. The maximum absolute atomic E-state index is 12.5. The quantitative estimate of drug-likeness (QED) is 0.255. The molecule has 13 nitrogen and oxygen atoms in total. The lowest BCUT2D eigenvalue weighted by atomic mass is 9.96. The van der Waals surface area contributed by atoms with Gasteiger partial charge in [-0.1, -0.05) is 6.08 Å². The molecule has 0 unspecified atom stereocenters. The topological polar surface area (TPSA) is 169 Å². The Morgan fingerprint density at radius 3 is 1.85 bits per heavy atom. The van der Waals surface area contributed by atoms with Crippen LogP contribution in [0.4, 0.5) is 0 Å². The number of hydrogen-bond acceptors (Lipinski definition) is 13. The average Bonchev–Trinajstić information content (AvgIpc) is 3.20. The van der Waals surface area contributed by atoms with Gasteiger partial charge in [0.15, 0.2) is 18.4 Å². The van der Waals surface area contributed by atoms with Crippen LogP contribution in [0, 0.1) is 10.8 Å². The summed E-state index contributed by atoms with van der Waals surface area (Å²) in [6.07, 6.45) is -10.9. The molecule has 236 valence electrons. The van der Waals surface area contributed by atoms with Crippen LogP contribution in [0.25, 0.3) is 0 Å². The Balaban J connectivity index is 1.83. The number of aliphatic hydroxyl groups excluding tert-OH is 3. The molecule has 3 N–H and O–H groups in total. The summed E-state index contributed by atoms with van der Waals surface area (Å²) < 4.78 is 46.1. The summed E-state index contributed by atoms with van der Waals surface area (Å²) in [6, 6.07) is 0. The van der Waals surface area contributed by atoms with Gasteiger partial charge in [0.25, 0.3) is 0 Å². The van der Waals surface area contributed by atoms with Crippen molar-refractivity contribution in [2.45, 2.75) is 123 Å². The van der Waals surface area contributed by atoms with E-state index in [0.29, 0.717) is 0 Å². The van der Waals surface area contributed by atoms with E-state index in [4.69, 9.17) is 37.9 Å². The zero-order valence-corrected chi connectivity index (χ0v) is 25.1. The molecule has 3 saturated heterocycles. The van der Waals surface area contributed by atoms with Gasteiger partial charge in [-0.05, 0) is 55.4 Å². The van der Waals surface area contributed by atoms with E-state index in [9.17, 15) is 24.9 Å². The van der Waals surface area contributed by atoms with Crippen LogP contribution in [0.5, 0.6) is 0 Å². The van der Waals surface area contributed by atoms with E-state index >= 15 is 0 Å². The Kier molecular flexibility index (Phi) is 10.6. The number of aliphatic hydroxyl groups is 3. The van der Waals surface area contributed by atoms with Crippen LogP contribution in [0.3, 0.4) is 0 Å². The van der Waals surface area contributed by atoms with Crippen LogP contribution in [0.1, 0.15) is 55.4 Å². The summed E-state index contributed by atoms with van der Waals surface area (Å²) >= 11 is 0. The van der Waals surface area contributed by atoms with Crippen molar-refractivity contribution < 1.29 is 62.8 Å². The molecular formula is C28H46O13. The fourth-order valence-corrected chi connectivity index (χ4v) is 4.51. The van der Waals surface area contributed by atoms with E-state index in [2.05, 4.69) is 6.58 Å². The highest BCUT2D eigenvalue weighted by atomic mass is 16.8. The first-order valence-electron chi connectivity index (χ1n) is 13.8. The number of carbonyl (C=O) groups is 2. The summed E-state index contributed by atoms with van der Waals surface area (Å²) in [5.41, 5.74) is -1.58. The van der Waals surface area contributed by atoms with Gasteiger partial charge in [-0.25, -0.2) is 0 Å². The van der Waals surface area contributed by atoms with Gasteiger partial charge in [0.1, 0.15) is 62.0 Å². The van der Waals surface area contributed by atoms with E-state index in [1.807, 2.05) is 0 Å². The lowest BCUT2D eigenvalue weighted by molar-refractivity contribution is -0.352. The molecule has 3 heterocycles. The monoisotopic (exact) mass is 590 g/mol. The molecule has 13 heteroatoms. The standard InChI is InChI=1S/C28H46O13/c1-10-11-34-22-17(30)16(29)19(14(37-22)12-35-24(32)26(2,3)4)39-23-18(31)21-20(40-28(8,9)41-21)15(38-23)13-36-25(33)27(5,6)7/h10,14-23,29-31H,1,11-13H2,2-9H3/t14-,15-,16-,17-,18-,19-,20+,21-,22-,23+/m1/s1. The molecule has 0 amide bonds. The van der Waals surface area contributed by atoms with Crippen molar-refractivity contribution in [2.24, 2.45) is 10.8 Å². The lowest BCUT2D eigenvalue weighted by Gasteiger charge is -2.46. The van der Waals surface area contributed by atoms with Crippen LogP contribution >= 0.6 is 0 Å². The van der Waals surface area contributed by atoms with Crippen molar-refractivity contribution in [3.8, 4) is 0 Å². The first-order valence-corrected chi connectivity index (χ1v) is 13.8. The van der Waals surface area contributed by atoms with Crippen molar-refractivity contribution in [3.63, 3.8) is 0 Å². The van der Waals surface area contributed by atoms with E-state index < -0.39 is 90.0 Å². The molecule has 0 saturated carbocycles. The van der Waals surface area contributed by atoms with E-state index in [-0.39, 0.29) is 19.8 Å². The van der Waals surface area contributed by atoms with Gasteiger partial charge < -0.3 is 53.2 Å². The second-order valence-electron chi connectivity index (χ2n) is 13.0. The Labute approximate surface area is 240 Å². The average molecular weight is 591 g/mol. The minimum absolute atomic E-state index is 0.0179. The molecule has 0 bridgehead atoms. The van der Waals surface area contributed by atoms with Crippen molar-refractivity contribution in [2.75, 3.05) is 19.8 Å². The van der Waals surface area contributed by atoms with Crippen molar-refractivity contribution in [1.29, 1.82) is 0 Å². The predicted octanol–water partition coefficient (Wildman–Crippen LogP) is 0.805. The Morgan fingerprint density at radius 2 is 1.32 bits per heavy atom. The van der Waals surface area contributed by atoms with Gasteiger partial charge in [0, 0.05) is 0 Å². The van der Waals surface area contributed by atoms with Crippen molar-refractivity contribution in [3.05, 3.63) is 12.7 Å². The second-order valence-corrected chi connectivity index (χ2v) is 13.0. The molecule has 0 aromatic heterocycles. The Hall–Kier alpha value is -1.68. The molecule has 3 fully saturated rings. The third-order valence-electron chi connectivity index (χ3n) is 6.75. The summed E-state index contributed by atoms with van der Waals surface area (Å²) in [6.45, 7) is 16.5. The zero-order valence-electron chi connectivity index (χ0n) is 25.1. The molecule has 0 radical (unpaired) electrons. The number of ether oxygens (including phenoxy) is 8. The summed E-state index contributed by atoms with van der Waals surface area (Å²) in [5.74, 6) is -2.07. The van der Waals surface area contributed by atoms with Gasteiger partial charge in [0.2, 0.25) is 0 Å². The highest BCUT2D eigenvalue weighted by Gasteiger charge is 2.57. The van der Waals surface area contributed by atoms with E-state index in [0.717, 1.165) is 0 Å². The highest BCUT2D eigenvalue weighted by Crippen LogP contribution is 2.39. The fourth-order valence-electron chi connectivity index (χ4n) is 4.51. The molecule has 3 aliphatic rings. The second kappa shape index (κ2) is 12.9. The van der Waals surface area contributed by atoms with Crippen LogP contribution in [0.15, 0.2) is 12.7 Å². The maximum atomic E-state index is 12.5. The number of fused-ring (bicyclic) bond motifs is 1. The smallest absolute Gasteiger partial charge is 0.311 e. The molecule has 0 aromatic rings. The fraction of sp³-hybridized carbons (Fsp3) is 0.857. The summed E-state index contributed by atoms with van der Waals surface area (Å²) in [4.78, 5) is 24.9. The predicted molar refractivity (Wildman–Crippen MR) is 141 cm³/mol. The molecular weight excluding hydrogens is 544 g/mol. The largest absolute Gasteiger partial charge is 0.462 e. The minimum atomic E-state index is -1.60. The molecule has 0 spiro atoms. The minimum Gasteiger partial charge on any atom is -0.462 e. The molecule has 0 aliphatic carbocycles. The van der Waals surface area contributed by atoms with Gasteiger partial charge in [-0.3, -0.25) is 9.59 Å². The highest BCUT2D eigenvalue weighted by molar-refractivity contribution is 5.75. The zero-order chi connectivity index (χ0) is 30.9. The number of rotatable bonds is 9. The Morgan fingerprint density at radius 1 is 0.805 bits per heavy atom. The lowest BCUT2D eigenvalue weighted by Crippen LogP contribution is -2.64. The van der Waals surface area contributed by atoms with Crippen molar-refractivity contribution in [1.82, 2.24) is 0 Å². The normalized spacial score (nSPS) is 37.2. The maximum Gasteiger partial charge on any atom is 0.311 e. The number of esters is 2. The Bertz CT molecular complexity index is 923. The van der Waals surface area contributed by atoms with Crippen LogP contribution in [-0.2, 0) is 47.5 Å². The van der Waals surface area contributed by atoms with Crippen LogP contribution in [-0.4, -0.2) is 114 Å². The first-order chi connectivity index (χ1) is 18.9. The van der Waals surface area contributed by atoms with E-state index in [1.165, 1.54) is 6.08 Å². The third-order valence-corrected chi connectivity index (χ3v) is 6.75. The van der Waals surface area contributed by atoms with Gasteiger partial charge in [-0.2, -0.15) is 0 Å². The molecule has 10 atom stereocenters. The van der Waals surface area contributed by atoms with Crippen molar-refractivity contribution >= 4 is 11.9 Å². The van der Waals surface area contributed by atoms with Gasteiger partial charge >= 0.3 is 11.9 Å². The third kappa shape index (κ3) is 8.24. The molecule has 0 aromatic carbocycles. The number of carbonyl (C=O) groups excluding carboxylic acids is 2.